The zero-order chi connectivity index (χ0) is 17.0. The molecule has 2 rings (SSSR count). The fourth-order valence-electron chi connectivity index (χ4n) is 2.42. The lowest BCUT2D eigenvalue weighted by molar-refractivity contribution is -0.127. The fourth-order valence-corrected chi connectivity index (χ4v) is 2.83. The summed E-state index contributed by atoms with van der Waals surface area (Å²) in [6.45, 7) is 7.34. The molecule has 0 spiro atoms. The zero-order valence-electron chi connectivity index (χ0n) is 14.0. The minimum absolute atomic E-state index is 0.175. The summed E-state index contributed by atoms with van der Waals surface area (Å²) < 4.78 is 10.8. The van der Waals surface area contributed by atoms with Crippen LogP contribution in [0, 0.1) is 13.8 Å². The molecular formula is C17H22N2O3S. The number of nitrogens with zero attached hydrogens (tertiary/aromatic N) is 1. The van der Waals surface area contributed by atoms with E-state index in [0.29, 0.717) is 5.75 Å². The molecule has 23 heavy (non-hydrogen) atoms. The molecule has 1 aromatic heterocycles. The Morgan fingerprint density at radius 3 is 2.43 bits per heavy atom. The molecule has 0 aliphatic carbocycles. The van der Waals surface area contributed by atoms with Crippen LogP contribution in [0.4, 0.5) is 0 Å². The van der Waals surface area contributed by atoms with Crippen molar-refractivity contribution >= 4 is 17.7 Å². The number of benzene rings is 1. The summed E-state index contributed by atoms with van der Waals surface area (Å²) >= 11 is 1.66. The van der Waals surface area contributed by atoms with Crippen molar-refractivity contribution in [1.29, 1.82) is 0 Å². The molecule has 2 atom stereocenters. The quantitative estimate of drug-likeness (QED) is 0.817. The number of aryl methyl sites for hydroxylation is 2. The summed E-state index contributed by atoms with van der Waals surface area (Å²) in [5, 5.41) is 6.85. The van der Waals surface area contributed by atoms with Gasteiger partial charge in [-0.25, -0.2) is 0 Å². The van der Waals surface area contributed by atoms with Crippen molar-refractivity contribution in [1.82, 2.24) is 10.5 Å². The van der Waals surface area contributed by atoms with Gasteiger partial charge in [0, 0.05) is 10.5 Å². The van der Waals surface area contributed by atoms with Crippen molar-refractivity contribution in [3.8, 4) is 5.75 Å². The molecule has 0 saturated heterocycles. The lowest BCUT2D eigenvalue weighted by Crippen LogP contribution is -2.38. The van der Waals surface area contributed by atoms with Gasteiger partial charge in [0.1, 0.15) is 11.5 Å². The molecule has 0 saturated carbocycles. The van der Waals surface area contributed by atoms with Gasteiger partial charge in [0.25, 0.3) is 5.91 Å². The maximum atomic E-state index is 12.3. The van der Waals surface area contributed by atoms with Gasteiger partial charge in [-0.2, -0.15) is 0 Å². The van der Waals surface area contributed by atoms with Crippen molar-refractivity contribution in [2.75, 3.05) is 6.26 Å². The molecule has 2 aromatic rings. The molecule has 1 aromatic carbocycles. The molecule has 124 valence electrons. The molecule has 0 radical (unpaired) electrons. The van der Waals surface area contributed by atoms with Crippen LogP contribution in [0.15, 0.2) is 33.7 Å². The van der Waals surface area contributed by atoms with E-state index in [0.717, 1.165) is 21.9 Å². The number of thioether (sulfide) groups is 1. The van der Waals surface area contributed by atoms with E-state index in [1.807, 2.05) is 51.3 Å². The Hall–Kier alpha value is -1.95. The average Bonchev–Trinajstić information content (AvgIpc) is 2.86. The standard InChI is InChI=1S/C17H22N2O3S/c1-10(16-11(2)19-22-12(16)3)18-17(20)13(4)21-14-6-8-15(23-5)9-7-14/h6-10,13H,1-5H3,(H,18,20)/t10-,13+/m1/s1. The maximum Gasteiger partial charge on any atom is 0.261 e. The van der Waals surface area contributed by atoms with Crippen LogP contribution >= 0.6 is 11.8 Å². The Balaban J connectivity index is 1.96. The number of ether oxygens (including phenoxy) is 1. The van der Waals surface area contributed by atoms with Crippen molar-refractivity contribution in [2.24, 2.45) is 0 Å². The van der Waals surface area contributed by atoms with Gasteiger partial charge in [0.2, 0.25) is 0 Å². The SMILES string of the molecule is CSc1ccc(O[C@@H](C)C(=O)N[C@H](C)c2c(C)noc2C)cc1. The van der Waals surface area contributed by atoms with Crippen LogP contribution in [0.5, 0.6) is 5.75 Å². The maximum absolute atomic E-state index is 12.3. The van der Waals surface area contributed by atoms with E-state index in [9.17, 15) is 4.79 Å². The zero-order valence-corrected chi connectivity index (χ0v) is 14.9. The summed E-state index contributed by atoms with van der Waals surface area (Å²) in [6, 6.07) is 7.49. The number of carbonyl (C=O) groups is 1. The molecule has 6 heteroatoms. The lowest BCUT2D eigenvalue weighted by atomic mass is 10.1. The van der Waals surface area contributed by atoms with E-state index in [-0.39, 0.29) is 11.9 Å². The molecule has 0 bridgehead atoms. The third kappa shape index (κ3) is 4.28. The highest BCUT2D eigenvalue weighted by molar-refractivity contribution is 7.98. The number of hydrogen-bond donors (Lipinski definition) is 1. The van der Waals surface area contributed by atoms with Gasteiger partial charge in [0.05, 0.1) is 11.7 Å². The molecular weight excluding hydrogens is 312 g/mol. The summed E-state index contributed by atoms with van der Waals surface area (Å²) in [6.07, 6.45) is 1.43. The number of amides is 1. The van der Waals surface area contributed by atoms with Gasteiger partial charge in [-0.05, 0) is 58.2 Å². The van der Waals surface area contributed by atoms with E-state index < -0.39 is 6.10 Å². The molecule has 0 fully saturated rings. The van der Waals surface area contributed by atoms with Crippen molar-refractivity contribution in [3.63, 3.8) is 0 Å². The topological polar surface area (TPSA) is 64.4 Å². The van der Waals surface area contributed by atoms with Gasteiger partial charge in [-0.3, -0.25) is 4.79 Å². The van der Waals surface area contributed by atoms with Crippen LogP contribution in [0.2, 0.25) is 0 Å². The van der Waals surface area contributed by atoms with E-state index in [1.165, 1.54) is 0 Å². The Labute approximate surface area is 140 Å². The Kier molecular flexibility index (Phi) is 5.71. The third-order valence-electron chi connectivity index (χ3n) is 3.62. The predicted octanol–water partition coefficient (Wildman–Crippen LogP) is 3.66. The first kappa shape index (κ1) is 17.4. The molecule has 0 aliphatic heterocycles. The van der Waals surface area contributed by atoms with E-state index in [4.69, 9.17) is 9.26 Å². The predicted molar refractivity (Wildman–Crippen MR) is 90.8 cm³/mol. The largest absolute Gasteiger partial charge is 0.481 e. The summed E-state index contributed by atoms with van der Waals surface area (Å²) in [5.74, 6) is 1.22. The van der Waals surface area contributed by atoms with E-state index in [1.54, 1.807) is 18.7 Å². The number of aromatic nitrogens is 1. The van der Waals surface area contributed by atoms with Crippen LogP contribution in [0.3, 0.4) is 0 Å². The van der Waals surface area contributed by atoms with Crippen LogP contribution in [-0.4, -0.2) is 23.4 Å². The second kappa shape index (κ2) is 7.55. The molecule has 1 amide bonds. The van der Waals surface area contributed by atoms with Gasteiger partial charge in [-0.15, -0.1) is 11.8 Å². The highest BCUT2D eigenvalue weighted by Gasteiger charge is 2.22. The Bertz CT molecular complexity index is 647. The van der Waals surface area contributed by atoms with Crippen LogP contribution in [0.1, 0.15) is 36.9 Å². The molecule has 1 heterocycles. The van der Waals surface area contributed by atoms with Crippen LogP contribution in [-0.2, 0) is 4.79 Å². The lowest BCUT2D eigenvalue weighted by Gasteiger charge is -2.19. The van der Waals surface area contributed by atoms with Crippen molar-refractivity contribution in [2.45, 2.75) is 44.7 Å². The summed E-state index contributed by atoms with van der Waals surface area (Å²) in [7, 11) is 0. The van der Waals surface area contributed by atoms with Crippen LogP contribution in [0.25, 0.3) is 0 Å². The number of hydrogen-bond acceptors (Lipinski definition) is 5. The first-order valence-electron chi connectivity index (χ1n) is 7.46. The molecule has 5 nitrogen and oxygen atoms in total. The third-order valence-corrected chi connectivity index (χ3v) is 4.37. The Morgan fingerprint density at radius 2 is 1.91 bits per heavy atom. The van der Waals surface area contributed by atoms with Crippen molar-refractivity contribution < 1.29 is 14.1 Å². The molecule has 0 unspecified atom stereocenters. The summed E-state index contributed by atoms with van der Waals surface area (Å²) in [4.78, 5) is 13.5. The second-order valence-corrected chi connectivity index (χ2v) is 6.28. The second-order valence-electron chi connectivity index (χ2n) is 5.40. The van der Waals surface area contributed by atoms with Gasteiger partial charge < -0.3 is 14.6 Å². The van der Waals surface area contributed by atoms with E-state index >= 15 is 0 Å². The minimum atomic E-state index is -0.585. The normalized spacial score (nSPS) is 13.4. The average molecular weight is 334 g/mol. The first-order chi connectivity index (χ1) is 10.9. The number of rotatable bonds is 6. The highest BCUT2D eigenvalue weighted by Crippen LogP contribution is 2.22. The van der Waals surface area contributed by atoms with Gasteiger partial charge >= 0.3 is 0 Å². The Morgan fingerprint density at radius 1 is 1.26 bits per heavy atom. The first-order valence-corrected chi connectivity index (χ1v) is 8.68. The van der Waals surface area contributed by atoms with E-state index in [2.05, 4.69) is 10.5 Å². The number of carbonyl (C=O) groups excluding carboxylic acids is 1. The monoisotopic (exact) mass is 334 g/mol. The van der Waals surface area contributed by atoms with Crippen LogP contribution < -0.4 is 10.1 Å². The van der Waals surface area contributed by atoms with Gasteiger partial charge in [0.15, 0.2) is 6.10 Å². The van der Waals surface area contributed by atoms with Crippen molar-refractivity contribution in [3.05, 3.63) is 41.3 Å². The minimum Gasteiger partial charge on any atom is -0.481 e. The van der Waals surface area contributed by atoms with Gasteiger partial charge in [-0.1, -0.05) is 5.16 Å². The smallest absolute Gasteiger partial charge is 0.261 e. The highest BCUT2D eigenvalue weighted by atomic mass is 32.2. The molecule has 1 N–H and O–H groups in total. The summed E-state index contributed by atoms with van der Waals surface area (Å²) in [5.41, 5.74) is 1.70. The number of nitrogens with one attached hydrogen (secondary N) is 1. The molecule has 0 aliphatic rings. The fraction of sp³-hybridized carbons (Fsp3) is 0.412.